The van der Waals surface area contributed by atoms with Crippen LogP contribution in [0.3, 0.4) is 0 Å². The van der Waals surface area contributed by atoms with Crippen LogP contribution in [0.4, 0.5) is 0 Å². The van der Waals surface area contributed by atoms with Gasteiger partial charge in [-0.25, -0.2) is 4.98 Å². The van der Waals surface area contributed by atoms with Gasteiger partial charge in [-0.2, -0.15) is 5.26 Å². The molecule has 7 heteroatoms. The summed E-state index contributed by atoms with van der Waals surface area (Å²) in [6.45, 7) is 0. The van der Waals surface area contributed by atoms with Gasteiger partial charge in [-0.3, -0.25) is 4.79 Å². The number of aromatic amines is 1. The second-order valence-corrected chi connectivity index (χ2v) is 4.59. The molecule has 2 rings (SSSR count). The molecule has 0 amide bonds. The number of phenols is 1. The van der Waals surface area contributed by atoms with Crippen molar-refractivity contribution in [2.75, 3.05) is 13.4 Å². The highest BCUT2D eigenvalue weighted by Crippen LogP contribution is 2.33. The second-order valence-electron chi connectivity index (χ2n) is 3.80. The molecule has 0 unspecified atom stereocenters. The zero-order valence-electron chi connectivity index (χ0n) is 10.8. The molecule has 0 atom stereocenters. The Hall–Kier alpha value is -2.46. The summed E-state index contributed by atoms with van der Waals surface area (Å²) in [6, 6.07) is 6.25. The van der Waals surface area contributed by atoms with Crippen LogP contribution in [-0.4, -0.2) is 28.4 Å². The number of nitrogens with zero attached hydrogens (tertiary/aromatic N) is 2. The predicted molar refractivity (Wildman–Crippen MR) is 75.0 cm³/mol. The van der Waals surface area contributed by atoms with E-state index in [2.05, 4.69) is 9.97 Å². The van der Waals surface area contributed by atoms with E-state index in [4.69, 9.17) is 10.00 Å². The van der Waals surface area contributed by atoms with Gasteiger partial charge in [0.1, 0.15) is 28.8 Å². The standard InChI is InChI=1S/C13H11N3O3S/c1-19-10-5-7(17)3-4-8(10)11-9(6-14)12(18)16-13(15-11)20-2/h3-5,17H,1-2H3,(H,15,16,18). The van der Waals surface area contributed by atoms with Crippen molar-refractivity contribution >= 4 is 11.8 Å². The van der Waals surface area contributed by atoms with Gasteiger partial charge in [0.2, 0.25) is 0 Å². The molecule has 0 spiro atoms. The Bertz CT molecular complexity index is 750. The lowest BCUT2D eigenvalue weighted by Crippen LogP contribution is -2.14. The Morgan fingerprint density at radius 3 is 2.85 bits per heavy atom. The van der Waals surface area contributed by atoms with Gasteiger partial charge in [0.05, 0.1) is 7.11 Å². The number of aromatic hydroxyl groups is 1. The molecule has 0 fully saturated rings. The number of methoxy groups -OCH3 is 1. The zero-order valence-corrected chi connectivity index (χ0v) is 11.6. The summed E-state index contributed by atoms with van der Waals surface area (Å²) >= 11 is 1.26. The van der Waals surface area contributed by atoms with Crippen molar-refractivity contribution in [1.29, 1.82) is 5.26 Å². The predicted octanol–water partition coefficient (Wildman–Crippen LogP) is 1.74. The average Bonchev–Trinajstić information content (AvgIpc) is 2.46. The van der Waals surface area contributed by atoms with Crippen molar-refractivity contribution in [3.05, 3.63) is 34.1 Å². The summed E-state index contributed by atoms with van der Waals surface area (Å²) in [5.41, 5.74) is 0.115. The van der Waals surface area contributed by atoms with Gasteiger partial charge in [-0.15, -0.1) is 0 Å². The molecule has 0 saturated heterocycles. The largest absolute Gasteiger partial charge is 0.508 e. The van der Waals surface area contributed by atoms with Crippen molar-refractivity contribution in [3.63, 3.8) is 0 Å². The summed E-state index contributed by atoms with van der Waals surface area (Å²) in [7, 11) is 1.44. The number of hydrogen-bond acceptors (Lipinski definition) is 6. The van der Waals surface area contributed by atoms with Crippen molar-refractivity contribution in [3.8, 4) is 28.8 Å². The highest BCUT2D eigenvalue weighted by atomic mass is 32.2. The molecule has 0 bridgehead atoms. The van der Waals surface area contributed by atoms with Crippen LogP contribution in [0, 0.1) is 11.3 Å². The van der Waals surface area contributed by atoms with Crippen LogP contribution in [0.15, 0.2) is 28.2 Å². The van der Waals surface area contributed by atoms with E-state index in [9.17, 15) is 9.90 Å². The zero-order chi connectivity index (χ0) is 14.7. The van der Waals surface area contributed by atoms with Crippen molar-refractivity contribution < 1.29 is 9.84 Å². The van der Waals surface area contributed by atoms with Crippen molar-refractivity contribution in [2.24, 2.45) is 0 Å². The number of phenolic OH excluding ortho intramolecular Hbond substituents is 1. The maximum absolute atomic E-state index is 11.9. The lowest BCUT2D eigenvalue weighted by atomic mass is 10.1. The van der Waals surface area contributed by atoms with E-state index in [0.717, 1.165) is 0 Å². The fourth-order valence-electron chi connectivity index (χ4n) is 1.72. The monoisotopic (exact) mass is 289 g/mol. The van der Waals surface area contributed by atoms with Gasteiger partial charge < -0.3 is 14.8 Å². The molecular weight excluding hydrogens is 278 g/mol. The van der Waals surface area contributed by atoms with Crippen LogP contribution in [-0.2, 0) is 0 Å². The van der Waals surface area contributed by atoms with Gasteiger partial charge >= 0.3 is 0 Å². The topological polar surface area (TPSA) is 99.0 Å². The first-order chi connectivity index (χ1) is 9.60. The molecule has 6 nitrogen and oxygen atoms in total. The van der Waals surface area contributed by atoms with E-state index in [-0.39, 0.29) is 17.0 Å². The van der Waals surface area contributed by atoms with Gasteiger partial charge in [-0.1, -0.05) is 11.8 Å². The molecule has 0 aliphatic carbocycles. The number of benzene rings is 1. The molecule has 102 valence electrons. The Balaban J connectivity index is 2.78. The molecular formula is C13H11N3O3S. The van der Waals surface area contributed by atoms with E-state index in [1.807, 2.05) is 6.07 Å². The Morgan fingerprint density at radius 2 is 2.25 bits per heavy atom. The summed E-state index contributed by atoms with van der Waals surface area (Å²) in [5.74, 6) is 0.366. The van der Waals surface area contributed by atoms with E-state index in [0.29, 0.717) is 16.5 Å². The quantitative estimate of drug-likeness (QED) is 0.659. The molecule has 1 heterocycles. The highest BCUT2D eigenvalue weighted by molar-refractivity contribution is 7.98. The number of nitriles is 1. The minimum Gasteiger partial charge on any atom is -0.508 e. The minimum absolute atomic E-state index is 0.0269. The average molecular weight is 289 g/mol. The fourth-order valence-corrected chi connectivity index (χ4v) is 2.10. The molecule has 0 radical (unpaired) electrons. The van der Waals surface area contributed by atoms with Crippen molar-refractivity contribution in [2.45, 2.75) is 5.16 Å². The third-order valence-corrected chi connectivity index (χ3v) is 3.22. The first kappa shape index (κ1) is 14.0. The summed E-state index contributed by atoms with van der Waals surface area (Å²) in [4.78, 5) is 18.6. The molecule has 0 aliphatic rings. The Morgan fingerprint density at radius 1 is 1.50 bits per heavy atom. The number of hydrogen-bond donors (Lipinski definition) is 2. The van der Waals surface area contributed by atoms with Crippen LogP contribution in [0.1, 0.15) is 5.56 Å². The number of nitrogens with one attached hydrogen (secondary N) is 1. The number of H-pyrrole nitrogens is 1. The normalized spacial score (nSPS) is 10.1. The molecule has 1 aromatic carbocycles. The SMILES string of the molecule is COc1cc(O)ccc1-c1nc(SC)[nH]c(=O)c1C#N. The Labute approximate surface area is 119 Å². The first-order valence-electron chi connectivity index (χ1n) is 5.56. The van der Waals surface area contributed by atoms with Gasteiger partial charge in [0.25, 0.3) is 5.56 Å². The second kappa shape index (κ2) is 5.67. The molecule has 2 N–H and O–H groups in total. The van der Waals surface area contributed by atoms with E-state index in [1.165, 1.54) is 31.0 Å². The lowest BCUT2D eigenvalue weighted by molar-refractivity contribution is 0.409. The summed E-state index contributed by atoms with van der Waals surface area (Å²) < 4.78 is 5.16. The third kappa shape index (κ3) is 2.46. The van der Waals surface area contributed by atoms with Gasteiger partial charge in [-0.05, 0) is 18.4 Å². The molecule has 1 aromatic heterocycles. The summed E-state index contributed by atoms with van der Waals surface area (Å²) in [6.07, 6.45) is 1.77. The molecule has 0 aliphatic heterocycles. The van der Waals surface area contributed by atoms with Gasteiger partial charge in [0.15, 0.2) is 5.16 Å². The van der Waals surface area contributed by atoms with E-state index in [1.54, 1.807) is 12.3 Å². The minimum atomic E-state index is -0.503. The first-order valence-corrected chi connectivity index (χ1v) is 6.79. The van der Waals surface area contributed by atoms with Crippen LogP contribution in [0.25, 0.3) is 11.3 Å². The maximum Gasteiger partial charge on any atom is 0.270 e. The number of thioether (sulfide) groups is 1. The molecule has 20 heavy (non-hydrogen) atoms. The lowest BCUT2D eigenvalue weighted by Gasteiger charge is -2.10. The van der Waals surface area contributed by atoms with E-state index < -0.39 is 5.56 Å². The van der Waals surface area contributed by atoms with Crippen molar-refractivity contribution in [1.82, 2.24) is 9.97 Å². The number of ether oxygens (including phenoxy) is 1. The van der Waals surface area contributed by atoms with E-state index >= 15 is 0 Å². The van der Waals surface area contributed by atoms with Crippen LogP contribution in [0.5, 0.6) is 11.5 Å². The fraction of sp³-hybridized carbons (Fsp3) is 0.154. The Kier molecular flexibility index (Phi) is 3.96. The third-order valence-electron chi connectivity index (χ3n) is 2.64. The van der Waals surface area contributed by atoms with Crippen LogP contribution >= 0.6 is 11.8 Å². The maximum atomic E-state index is 11.9. The molecule has 2 aromatic rings. The smallest absolute Gasteiger partial charge is 0.270 e. The number of rotatable bonds is 3. The van der Waals surface area contributed by atoms with Crippen LogP contribution < -0.4 is 10.3 Å². The summed E-state index contributed by atoms with van der Waals surface area (Å²) in [5, 5.41) is 19.0. The number of aromatic nitrogens is 2. The highest BCUT2D eigenvalue weighted by Gasteiger charge is 2.17. The van der Waals surface area contributed by atoms with Gasteiger partial charge in [0, 0.05) is 11.6 Å². The van der Waals surface area contributed by atoms with Crippen LogP contribution in [0.2, 0.25) is 0 Å². The molecule has 0 saturated carbocycles.